The normalized spacial score (nSPS) is 13.6. The van der Waals surface area contributed by atoms with E-state index >= 15 is 0 Å². The van der Waals surface area contributed by atoms with Crippen molar-refractivity contribution in [1.82, 2.24) is 24.6 Å². The predicted molar refractivity (Wildman–Crippen MR) is 134 cm³/mol. The summed E-state index contributed by atoms with van der Waals surface area (Å²) >= 11 is 2.77. The van der Waals surface area contributed by atoms with E-state index in [-0.39, 0.29) is 30.3 Å². The molecule has 0 bridgehead atoms. The lowest BCUT2D eigenvalue weighted by molar-refractivity contribution is -0.140. The minimum Gasteiger partial charge on any atom is -0.346 e. The van der Waals surface area contributed by atoms with E-state index in [0.717, 1.165) is 22.7 Å². The number of aromatic nitrogens is 4. The number of rotatable bonds is 5. The Labute approximate surface area is 222 Å². The molecular weight excluding hydrogens is 572 g/mol. The number of alkyl halides is 3. The molecule has 0 spiro atoms. The second-order valence-electron chi connectivity index (χ2n) is 8.99. The number of hydrogen-bond donors (Lipinski definition) is 2. The highest BCUT2D eigenvalue weighted by molar-refractivity contribution is 9.10. The Morgan fingerprint density at radius 2 is 2.03 bits per heavy atom. The fraction of sp³-hybridized carbons (Fsp3) is 0.280. The molecule has 8 nitrogen and oxygen atoms in total. The number of nitrogens with zero attached hydrogens (tertiary/aromatic N) is 4. The Morgan fingerprint density at radius 1 is 1.24 bits per heavy atom. The van der Waals surface area contributed by atoms with Crippen LogP contribution in [-0.2, 0) is 37.4 Å². The molecule has 0 atom stereocenters. The number of halogens is 5. The van der Waals surface area contributed by atoms with Crippen LogP contribution >= 0.6 is 15.9 Å². The lowest BCUT2D eigenvalue weighted by Crippen LogP contribution is -2.36. The molecule has 0 aliphatic carbocycles. The van der Waals surface area contributed by atoms with Gasteiger partial charge in [-0.25, -0.2) is 9.37 Å². The summed E-state index contributed by atoms with van der Waals surface area (Å²) < 4.78 is 54.6. The number of amides is 2. The van der Waals surface area contributed by atoms with Crippen LogP contribution in [0.15, 0.2) is 41.1 Å². The third kappa shape index (κ3) is 5.02. The predicted octanol–water partition coefficient (Wildman–Crippen LogP) is 4.99. The lowest BCUT2D eigenvalue weighted by atomic mass is 10.0. The van der Waals surface area contributed by atoms with Crippen LogP contribution < -0.4 is 5.32 Å². The van der Waals surface area contributed by atoms with Crippen LogP contribution in [0.5, 0.6) is 0 Å². The van der Waals surface area contributed by atoms with E-state index in [1.54, 1.807) is 24.3 Å². The molecule has 0 radical (unpaired) electrons. The molecule has 3 aromatic heterocycles. The van der Waals surface area contributed by atoms with Gasteiger partial charge in [-0.1, -0.05) is 0 Å². The van der Waals surface area contributed by atoms with Crippen molar-refractivity contribution in [3.63, 3.8) is 0 Å². The third-order valence-electron chi connectivity index (χ3n) is 6.44. The summed E-state index contributed by atoms with van der Waals surface area (Å²) in [6.45, 7) is 0.569. The lowest BCUT2D eigenvalue weighted by Gasteiger charge is -2.27. The van der Waals surface area contributed by atoms with Crippen molar-refractivity contribution in [2.75, 3.05) is 11.9 Å². The van der Waals surface area contributed by atoms with Crippen LogP contribution in [0.4, 0.5) is 23.2 Å². The highest BCUT2D eigenvalue weighted by Gasteiger charge is 2.36. The van der Waals surface area contributed by atoms with Crippen LogP contribution in [-0.4, -0.2) is 43.0 Å². The summed E-state index contributed by atoms with van der Waals surface area (Å²) in [5.41, 5.74) is 1.24. The molecule has 198 valence electrons. The number of fused-ring (bicyclic) bond motifs is 2. The number of H-pyrrole nitrogens is 1. The van der Waals surface area contributed by atoms with Crippen molar-refractivity contribution in [1.29, 1.82) is 0 Å². The molecule has 13 heteroatoms. The topological polar surface area (TPSA) is 95.9 Å². The summed E-state index contributed by atoms with van der Waals surface area (Å²) in [7, 11) is 1.55. The van der Waals surface area contributed by atoms with Gasteiger partial charge in [-0.05, 0) is 52.2 Å². The first-order valence-corrected chi connectivity index (χ1v) is 12.4. The van der Waals surface area contributed by atoms with Crippen molar-refractivity contribution in [3.8, 4) is 0 Å². The number of benzene rings is 1. The second kappa shape index (κ2) is 9.86. The van der Waals surface area contributed by atoms with Gasteiger partial charge in [0.1, 0.15) is 17.2 Å². The number of nitrogens with one attached hydrogen (secondary N) is 2. The number of carbonyl (C=O) groups is 2. The molecule has 4 aromatic rings. The van der Waals surface area contributed by atoms with Crippen molar-refractivity contribution < 1.29 is 27.2 Å². The summed E-state index contributed by atoms with van der Waals surface area (Å²) in [6, 6.07) is 5.47. The van der Waals surface area contributed by atoms with Crippen LogP contribution in [0.1, 0.15) is 39.3 Å². The third-order valence-corrected chi connectivity index (χ3v) is 7.02. The highest BCUT2D eigenvalue weighted by atomic mass is 79.9. The monoisotopic (exact) mass is 592 g/mol. The average Bonchev–Trinajstić information content (AvgIpc) is 3.46. The molecule has 1 aliphatic heterocycles. The van der Waals surface area contributed by atoms with E-state index in [1.165, 1.54) is 4.68 Å². The molecule has 1 aromatic carbocycles. The van der Waals surface area contributed by atoms with Gasteiger partial charge in [0.15, 0.2) is 0 Å². The zero-order valence-electron chi connectivity index (χ0n) is 20.0. The van der Waals surface area contributed by atoms with Crippen molar-refractivity contribution >= 4 is 44.5 Å². The van der Waals surface area contributed by atoms with Crippen LogP contribution in [0.3, 0.4) is 0 Å². The first kappa shape index (κ1) is 25.9. The van der Waals surface area contributed by atoms with Crippen molar-refractivity contribution in [3.05, 3.63) is 75.0 Å². The second-order valence-corrected chi connectivity index (χ2v) is 9.85. The maximum Gasteiger partial charge on any atom is 0.419 e. The summed E-state index contributed by atoms with van der Waals surface area (Å²) in [4.78, 5) is 35.1. The largest absolute Gasteiger partial charge is 0.419 e. The first-order chi connectivity index (χ1) is 18.0. The van der Waals surface area contributed by atoms with Crippen LogP contribution in [0.2, 0.25) is 0 Å². The maximum atomic E-state index is 14.0. The van der Waals surface area contributed by atoms with Crippen LogP contribution in [0.25, 0.3) is 11.0 Å². The van der Waals surface area contributed by atoms with Gasteiger partial charge >= 0.3 is 6.18 Å². The number of pyridine rings is 1. The Balaban J connectivity index is 1.31. The highest BCUT2D eigenvalue weighted by Crippen LogP contribution is 2.36. The smallest absolute Gasteiger partial charge is 0.346 e. The molecule has 0 unspecified atom stereocenters. The van der Waals surface area contributed by atoms with E-state index in [1.807, 2.05) is 12.1 Å². The van der Waals surface area contributed by atoms with E-state index in [9.17, 15) is 27.2 Å². The number of carbonyl (C=O) groups excluding carboxylic acids is 2. The van der Waals surface area contributed by atoms with Gasteiger partial charge in [0, 0.05) is 62.0 Å². The van der Waals surface area contributed by atoms with E-state index in [0.29, 0.717) is 36.7 Å². The SMILES string of the molecule is Cn1nc2c(c1C(=O)Nc1cc(Br)c(F)c(C(F)(F)F)c1)CN(C(=O)CCc1cnc3[nH]ccc3c1)CC2. The Bertz CT molecular complexity index is 1560. The van der Waals surface area contributed by atoms with E-state index in [4.69, 9.17) is 0 Å². The fourth-order valence-corrected chi connectivity index (χ4v) is 5.05. The quantitative estimate of drug-likeness (QED) is 0.319. The standard InChI is InChI=1S/C25H21BrF4N6O2/c1-35-22(24(38)33-15-9-17(25(28,29)30)21(27)18(26)10-15)16-12-36(7-5-19(16)34-35)20(37)3-2-13-8-14-4-6-31-23(14)32-11-13/h4,6,8-11H,2-3,5,7,12H2,1H3,(H,31,32)(H,33,38). The van der Waals surface area contributed by atoms with E-state index < -0.39 is 27.9 Å². The van der Waals surface area contributed by atoms with Crippen molar-refractivity contribution in [2.45, 2.75) is 32.0 Å². The van der Waals surface area contributed by atoms with Gasteiger partial charge in [0.2, 0.25) is 5.91 Å². The molecule has 1 aliphatic rings. The van der Waals surface area contributed by atoms with Gasteiger partial charge in [-0.3, -0.25) is 14.3 Å². The van der Waals surface area contributed by atoms with Gasteiger partial charge in [0.25, 0.3) is 5.91 Å². The number of aromatic amines is 1. The zero-order valence-corrected chi connectivity index (χ0v) is 21.6. The zero-order chi connectivity index (χ0) is 27.2. The molecule has 2 N–H and O–H groups in total. The Morgan fingerprint density at radius 3 is 2.79 bits per heavy atom. The Hall–Kier alpha value is -3.74. The molecule has 0 saturated carbocycles. The van der Waals surface area contributed by atoms with Gasteiger partial charge in [-0.15, -0.1) is 0 Å². The Kier molecular flexibility index (Phi) is 6.72. The minimum atomic E-state index is -4.94. The molecule has 2 amide bonds. The molecule has 38 heavy (non-hydrogen) atoms. The molecule has 0 fully saturated rings. The van der Waals surface area contributed by atoms with Gasteiger partial charge in [0.05, 0.1) is 15.7 Å². The van der Waals surface area contributed by atoms with Gasteiger partial charge in [-0.2, -0.15) is 18.3 Å². The number of hydrogen-bond acceptors (Lipinski definition) is 4. The van der Waals surface area contributed by atoms with Crippen molar-refractivity contribution in [2.24, 2.45) is 7.05 Å². The molecule has 4 heterocycles. The summed E-state index contributed by atoms with van der Waals surface area (Å²) in [6.07, 6.45) is -0.245. The summed E-state index contributed by atoms with van der Waals surface area (Å²) in [5, 5.41) is 7.74. The fourth-order valence-electron chi connectivity index (χ4n) is 4.59. The van der Waals surface area contributed by atoms with E-state index in [2.05, 4.69) is 36.3 Å². The maximum absolute atomic E-state index is 14.0. The first-order valence-electron chi connectivity index (χ1n) is 11.6. The number of anilines is 1. The number of aryl methyl sites for hydroxylation is 2. The summed E-state index contributed by atoms with van der Waals surface area (Å²) in [5.74, 6) is -2.28. The average molecular weight is 593 g/mol. The molecule has 0 saturated heterocycles. The van der Waals surface area contributed by atoms with Gasteiger partial charge < -0.3 is 15.2 Å². The minimum absolute atomic E-state index is 0.0997. The molecule has 5 rings (SSSR count). The van der Waals surface area contributed by atoms with Crippen LogP contribution in [0, 0.1) is 5.82 Å². The molecular formula is C25H21BrF4N6O2.